The number of urea groups is 1. The van der Waals surface area contributed by atoms with Crippen molar-refractivity contribution in [1.82, 2.24) is 10.6 Å². The number of hydrogen-bond acceptors (Lipinski definition) is 3. The molecule has 1 unspecified atom stereocenters. The van der Waals surface area contributed by atoms with Gasteiger partial charge < -0.3 is 21.1 Å². The molecule has 0 saturated heterocycles. The maximum atomic E-state index is 12.2. The topological polar surface area (TPSA) is 93.5 Å². The molecule has 0 aliphatic heterocycles. The number of rotatable bonds is 10. The number of unbranched alkanes of at least 4 members (excludes halogenated alkanes) is 1. The first-order valence-electron chi connectivity index (χ1n) is 9.22. The highest BCUT2D eigenvalue weighted by Gasteiger charge is 2.18. The van der Waals surface area contributed by atoms with Crippen LogP contribution in [-0.2, 0) is 4.79 Å². The number of amides is 3. The summed E-state index contributed by atoms with van der Waals surface area (Å²) in [6.45, 7) is 2.69. The summed E-state index contributed by atoms with van der Waals surface area (Å²) in [5, 5.41) is 5.28. The summed E-state index contributed by atoms with van der Waals surface area (Å²) in [5.41, 5.74) is 7.22. The van der Waals surface area contributed by atoms with E-state index in [0.717, 1.165) is 29.7 Å². The van der Waals surface area contributed by atoms with Gasteiger partial charge >= 0.3 is 6.03 Å². The number of nitrogens with two attached hydrogens (primary N) is 1. The van der Waals surface area contributed by atoms with Crippen LogP contribution >= 0.6 is 0 Å². The van der Waals surface area contributed by atoms with E-state index in [-0.39, 0.29) is 5.91 Å². The van der Waals surface area contributed by atoms with E-state index in [1.54, 1.807) is 0 Å². The van der Waals surface area contributed by atoms with Crippen molar-refractivity contribution >= 4 is 11.9 Å². The van der Waals surface area contributed by atoms with E-state index < -0.39 is 12.1 Å². The SMILES string of the molecule is CCCCC(NC(N)=O)C(=O)NCCOc1ccccc1-c1ccccc1. The number of para-hydroxylation sites is 1. The maximum Gasteiger partial charge on any atom is 0.312 e. The number of benzene rings is 2. The second-order valence-corrected chi connectivity index (χ2v) is 6.21. The highest BCUT2D eigenvalue weighted by Crippen LogP contribution is 2.29. The number of carbonyl (C=O) groups is 2. The highest BCUT2D eigenvalue weighted by molar-refractivity contribution is 5.86. The van der Waals surface area contributed by atoms with Gasteiger partial charge in [-0.1, -0.05) is 68.3 Å². The van der Waals surface area contributed by atoms with Crippen LogP contribution in [0, 0.1) is 0 Å². The molecular formula is C21H27N3O3. The van der Waals surface area contributed by atoms with Crippen LogP contribution in [0.1, 0.15) is 26.2 Å². The second kappa shape index (κ2) is 10.9. The zero-order chi connectivity index (χ0) is 19.5. The number of nitrogens with one attached hydrogen (secondary N) is 2. The van der Waals surface area contributed by atoms with E-state index >= 15 is 0 Å². The molecular weight excluding hydrogens is 342 g/mol. The first kappa shape index (κ1) is 20.3. The summed E-state index contributed by atoms with van der Waals surface area (Å²) in [6, 6.07) is 16.5. The summed E-state index contributed by atoms with van der Waals surface area (Å²) in [7, 11) is 0. The van der Waals surface area contributed by atoms with Gasteiger partial charge in [-0.3, -0.25) is 4.79 Å². The van der Waals surface area contributed by atoms with Crippen molar-refractivity contribution < 1.29 is 14.3 Å². The van der Waals surface area contributed by atoms with Crippen LogP contribution in [-0.4, -0.2) is 31.1 Å². The van der Waals surface area contributed by atoms with Gasteiger partial charge in [0.2, 0.25) is 5.91 Å². The van der Waals surface area contributed by atoms with E-state index in [2.05, 4.69) is 10.6 Å². The molecule has 4 N–H and O–H groups in total. The molecule has 0 bridgehead atoms. The minimum atomic E-state index is -0.695. The van der Waals surface area contributed by atoms with Gasteiger partial charge in [0.05, 0.1) is 6.54 Å². The molecule has 144 valence electrons. The number of ether oxygens (including phenoxy) is 1. The average molecular weight is 369 g/mol. The van der Waals surface area contributed by atoms with Gasteiger partial charge in [-0.25, -0.2) is 4.79 Å². The van der Waals surface area contributed by atoms with Crippen LogP contribution in [0.15, 0.2) is 54.6 Å². The molecule has 0 radical (unpaired) electrons. The molecule has 0 aliphatic carbocycles. The van der Waals surface area contributed by atoms with Crippen molar-refractivity contribution in [3.63, 3.8) is 0 Å². The molecule has 27 heavy (non-hydrogen) atoms. The van der Waals surface area contributed by atoms with Crippen LogP contribution in [0.25, 0.3) is 11.1 Å². The smallest absolute Gasteiger partial charge is 0.312 e. The summed E-state index contributed by atoms with van der Waals surface area (Å²) in [4.78, 5) is 23.3. The van der Waals surface area contributed by atoms with Crippen molar-refractivity contribution in [2.45, 2.75) is 32.2 Å². The first-order chi connectivity index (χ1) is 13.1. The molecule has 0 aromatic heterocycles. The summed E-state index contributed by atoms with van der Waals surface area (Å²) in [6.07, 6.45) is 2.33. The van der Waals surface area contributed by atoms with Gasteiger partial charge in [0.1, 0.15) is 18.4 Å². The molecule has 0 heterocycles. The van der Waals surface area contributed by atoms with Crippen LogP contribution in [0.2, 0.25) is 0 Å². The number of carbonyl (C=O) groups excluding carboxylic acids is 2. The normalized spacial score (nSPS) is 11.4. The average Bonchev–Trinajstić information content (AvgIpc) is 2.69. The fraction of sp³-hybridized carbons (Fsp3) is 0.333. The Morgan fingerprint density at radius 3 is 2.48 bits per heavy atom. The van der Waals surface area contributed by atoms with Crippen molar-refractivity contribution in [2.24, 2.45) is 5.73 Å². The molecule has 2 rings (SSSR count). The molecule has 0 aliphatic rings. The van der Waals surface area contributed by atoms with E-state index in [4.69, 9.17) is 10.5 Å². The lowest BCUT2D eigenvalue weighted by atomic mass is 10.1. The van der Waals surface area contributed by atoms with Crippen molar-refractivity contribution in [3.8, 4) is 16.9 Å². The predicted octanol–water partition coefficient (Wildman–Crippen LogP) is 3.08. The molecule has 1 atom stereocenters. The standard InChI is InChI=1S/C21H27N3O3/c1-2-3-12-18(24-21(22)26)20(25)23-14-15-27-19-13-8-7-11-17(19)16-9-5-4-6-10-16/h4-11,13,18H,2-3,12,14-15H2,1H3,(H,23,25)(H3,22,24,26). The van der Waals surface area contributed by atoms with Gasteiger partial charge in [0, 0.05) is 5.56 Å². The second-order valence-electron chi connectivity index (χ2n) is 6.21. The molecule has 3 amide bonds. The van der Waals surface area contributed by atoms with Crippen LogP contribution in [0.4, 0.5) is 4.79 Å². The van der Waals surface area contributed by atoms with Gasteiger partial charge in [0.15, 0.2) is 0 Å². The Labute approximate surface area is 160 Å². The maximum absolute atomic E-state index is 12.2. The Bertz CT molecular complexity index is 734. The van der Waals surface area contributed by atoms with Crippen molar-refractivity contribution in [3.05, 3.63) is 54.6 Å². The first-order valence-corrected chi connectivity index (χ1v) is 9.22. The lowest BCUT2D eigenvalue weighted by molar-refractivity contribution is -0.123. The molecule has 6 nitrogen and oxygen atoms in total. The zero-order valence-corrected chi connectivity index (χ0v) is 15.6. The van der Waals surface area contributed by atoms with Crippen LogP contribution in [0.3, 0.4) is 0 Å². The van der Waals surface area contributed by atoms with Crippen molar-refractivity contribution in [1.29, 1.82) is 0 Å². The molecule has 0 spiro atoms. The van der Waals surface area contributed by atoms with Crippen LogP contribution < -0.4 is 21.1 Å². The molecule has 0 fully saturated rings. The third kappa shape index (κ3) is 6.66. The summed E-state index contributed by atoms with van der Waals surface area (Å²) < 4.78 is 5.86. The number of primary amides is 1. The largest absolute Gasteiger partial charge is 0.491 e. The third-order valence-electron chi connectivity index (χ3n) is 4.11. The Morgan fingerprint density at radius 2 is 1.78 bits per heavy atom. The Morgan fingerprint density at radius 1 is 1.07 bits per heavy atom. The fourth-order valence-corrected chi connectivity index (χ4v) is 2.76. The van der Waals surface area contributed by atoms with E-state index in [1.807, 2.05) is 61.5 Å². The third-order valence-corrected chi connectivity index (χ3v) is 4.11. The van der Waals surface area contributed by atoms with E-state index in [1.165, 1.54) is 0 Å². The Hall–Kier alpha value is -3.02. The van der Waals surface area contributed by atoms with Gasteiger partial charge in [-0.2, -0.15) is 0 Å². The lowest BCUT2D eigenvalue weighted by Crippen LogP contribution is -2.49. The molecule has 0 saturated carbocycles. The zero-order valence-electron chi connectivity index (χ0n) is 15.6. The summed E-state index contributed by atoms with van der Waals surface area (Å²) in [5.74, 6) is 0.512. The minimum Gasteiger partial charge on any atom is -0.491 e. The molecule has 2 aromatic carbocycles. The Kier molecular flexibility index (Phi) is 8.16. The van der Waals surface area contributed by atoms with E-state index in [9.17, 15) is 9.59 Å². The van der Waals surface area contributed by atoms with Gasteiger partial charge in [-0.05, 0) is 18.1 Å². The minimum absolute atomic E-state index is 0.248. The highest BCUT2D eigenvalue weighted by atomic mass is 16.5. The summed E-state index contributed by atoms with van der Waals surface area (Å²) >= 11 is 0. The molecule has 2 aromatic rings. The van der Waals surface area contributed by atoms with Gasteiger partial charge in [-0.15, -0.1) is 0 Å². The lowest BCUT2D eigenvalue weighted by Gasteiger charge is -2.17. The molecule has 6 heteroatoms. The number of hydrogen-bond donors (Lipinski definition) is 3. The Balaban J connectivity index is 1.87. The van der Waals surface area contributed by atoms with Crippen LogP contribution in [0.5, 0.6) is 5.75 Å². The van der Waals surface area contributed by atoms with Crippen molar-refractivity contribution in [2.75, 3.05) is 13.2 Å². The monoisotopic (exact) mass is 369 g/mol. The van der Waals surface area contributed by atoms with E-state index in [0.29, 0.717) is 19.6 Å². The quantitative estimate of drug-likeness (QED) is 0.562. The fourth-order valence-electron chi connectivity index (χ4n) is 2.76. The van der Waals surface area contributed by atoms with Gasteiger partial charge in [0.25, 0.3) is 0 Å². The predicted molar refractivity (Wildman–Crippen MR) is 106 cm³/mol.